The van der Waals surface area contributed by atoms with Crippen molar-refractivity contribution in [2.75, 3.05) is 11.4 Å². The molecule has 0 saturated heterocycles. The SMILES string of the molecule is COc1cccc(N(Cc2cccnc2)S(=O)(=O)c2cc(C)ccc2C)c1. The summed E-state index contributed by atoms with van der Waals surface area (Å²) in [6, 6.07) is 16.2. The number of ether oxygens (including phenoxy) is 1. The Morgan fingerprint density at radius 3 is 2.56 bits per heavy atom. The summed E-state index contributed by atoms with van der Waals surface area (Å²) in [6.07, 6.45) is 3.34. The van der Waals surface area contributed by atoms with Gasteiger partial charge in [-0.15, -0.1) is 0 Å². The highest BCUT2D eigenvalue weighted by molar-refractivity contribution is 7.92. The predicted octanol–water partition coefficient (Wildman–Crippen LogP) is 4.10. The van der Waals surface area contributed by atoms with Gasteiger partial charge in [0.1, 0.15) is 5.75 Å². The van der Waals surface area contributed by atoms with Gasteiger partial charge in [-0.05, 0) is 54.8 Å². The van der Waals surface area contributed by atoms with E-state index in [-0.39, 0.29) is 6.54 Å². The zero-order valence-corrected chi connectivity index (χ0v) is 16.4. The van der Waals surface area contributed by atoms with E-state index in [0.29, 0.717) is 21.9 Å². The lowest BCUT2D eigenvalue weighted by Crippen LogP contribution is -2.31. The minimum atomic E-state index is -3.78. The average molecular weight is 382 g/mol. The first kappa shape index (κ1) is 18.9. The molecule has 0 atom stereocenters. The monoisotopic (exact) mass is 382 g/mol. The van der Waals surface area contributed by atoms with Gasteiger partial charge in [0.25, 0.3) is 10.0 Å². The molecule has 5 nitrogen and oxygen atoms in total. The molecule has 0 aliphatic carbocycles. The quantitative estimate of drug-likeness (QED) is 0.644. The number of sulfonamides is 1. The van der Waals surface area contributed by atoms with Crippen molar-refractivity contribution >= 4 is 15.7 Å². The molecule has 3 aromatic rings. The van der Waals surface area contributed by atoms with Crippen LogP contribution in [0.4, 0.5) is 5.69 Å². The molecule has 0 fully saturated rings. The number of aryl methyl sites for hydroxylation is 2. The number of nitrogens with zero attached hydrogens (tertiary/aromatic N) is 2. The third-order valence-electron chi connectivity index (χ3n) is 4.30. The third kappa shape index (κ3) is 4.11. The van der Waals surface area contributed by atoms with E-state index in [2.05, 4.69) is 4.98 Å². The van der Waals surface area contributed by atoms with Gasteiger partial charge in [0, 0.05) is 18.5 Å². The van der Waals surface area contributed by atoms with Crippen molar-refractivity contribution in [1.29, 1.82) is 0 Å². The van der Waals surface area contributed by atoms with Crippen LogP contribution in [-0.4, -0.2) is 20.5 Å². The normalized spacial score (nSPS) is 11.2. The first-order chi connectivity index (χ1) is 12.9. The molecule has 0 spiro atoms. The molecule has 0 bridgehead atoms. The smallest absolute Gasteiger partial charge is 0.264 e. The van der Waals surface area contributed by atoms with E-state index < -0.39 is 10.0 Å². The van der Waals surface area contributed by atoms with Crippen LogP contribution >= 0.6 is 0 Å². The molecule has 1 aromatic heterocycles. The van der Waals surface area contributed by atoms with E-state index in [1.165, 1.54) is 4.31 Å². The summed E-state index contributed by atoms with van der Waals surface area (Å²) in [4.78, 5) is 4.41. The minimum Gasteiger partial charge on any atom is -0.497 e. The van der Waals surface area contributed by atoms with Crippen LogP contribution in [0.25, 0.3) is 0 Å². The Bertz CT molecular complexity index is 1030. The number of rotatable bonds is 6. The number of aromatic nitrogens is 1. The van der Waals surface area contributed by atoms with Crippen LogP contribution in [0.3, 0.4) is 0 Å². The fourth-order valence-electron chi connectivity index (χ4n) is 2.84. The Morgan fingerprint density at radius 1 is 1.04 bits per heavy atom. The van der Waals surface area contributed by atoms with Crippen LogP contribution in [0.15, 0.2) is 71.9 Å². The van der Waals surface area contributed by atoms with E-state index in [1.807, 2.05) is 25.1 Å². The highest BCUT2D eigenvalue weighted by Crippen LogP contribution is 2.30. The second-order valence-corrected chi connectivity index (χ2v) is 8.17. The summed E-state index contributed by atoms with van der Waals surface area (Å²) in [5, 5.41) is 0. The fraction of sp³-hybridized carbons (Fsp3) is 0.190. The molecule has 1 heterocycles. The second-order valence-electron chi connectivity index (χ2n) is 6.34. The van der Waals surface area contributed by atoms with Gasteiger partial charge >= 0.3 is 0 Å². The second kappa shape index (κ2) is 7.80. The molecule has 6 heteroatoms. The topological polar surface area (TPSA) is 59.5 Å². The Balaban J connectivity index is 2.14. The van der Waals surface area contributed by atoms with Gasteiger partial charge in [-0.1, -0.05) is 24.3 Å². The van der Waals surface area contributed by atoms with Crippen molar-refractivity contribution < 1.29 is 13.2 Å². The van der Waals surface area contributed by atoms with Gasteiger partial charge in [0.15, 0.2) is 0 Å². The summed E-state index contributed by atoms with van der Waals surface area (Å²) in [5.74, 6) is 0.597. The highest BCUT2D eigenvalue weighted by atomic mass is 32.2. The molecular formula is C21H22N2O3S. The van der Waals surface area contributed by atoms with Gasteiger partial charge in [-0.3, -0.25) is 9.29 Å². The lowest BCUT2D eigenvalue weighted by atomic mass is 10.2. The number of hydrogen-bond donors (Lipinski definition) is 0. The van der Waals surface area contributed by atoms with Gasteiger partial charge in [-0.2, -0.15) is 0 Å². The number of methoxy groups -OCH3 is 1. The molecule has 2 aromatic carbocycles. The molecular weight excluding hydrogens is 360 g/mol. The van der Waals surface area contributed by atoms with Crippen LogP contribution in [-0.2, 0) is 16.6 Å². The Hall–Kier alpha value is -2.86. The molecule has 0 unspecified atom stereocenters. The summed E-state index contributed by atoms with van der Waals surface area (Å²) in [6.45, 7) is 3.87. The van der Waals surface area contributed by atoms with Crippen LogP contribution in [0.1, 0.15) is 16.7 Å². The summed E-state index contributed by atoms with van der Waals surface area (Å²) in [5.41, 5.74) is 2.94. The largest absolute Gasteiger partial charge is 0.497 e. The number of benzene rings is 2. The molecule has 140 valence electrons. The van der Waals surface area contributed by atoms with Gasteiger partial charge in [0.05, 0.1) is 24.2 Å². The Kier molecular flexibility index (Phi) is 5.46. The number of hydrogen-bond acceptors (Lipinski definition) is 4. The van der Waals surface area contributed by atoms with Crippen molar-refractivity contribution in [2.24, 2.45) is 0 Å². The van der Waals surface area contributed by atoms with E-state index in [9.17, 15) is 8.42 Å². The first-order valence-electron chi connectivity index (χ1n) is 8.55. The highest BCUT2D eigenvalue weighted by Gasteiger charge is 2.27. The lowest BCUT2D eigenvalue weighted by Gasteiger charge is -2.26. The standard InChI is InChI=1S/C21H22N2O3S/c1-16-9-10-17(2)21(12-16)27(24,25)23(15-18-6-5-11-22-14-18)19-7-4-8-20(13-19)26-3/h4-14H,15H2,1-3H3. The fourth-order valence-corrected chi connectivity index (χ4v) is 4.60. The molecule has 0 radical (unpaired) electrons. The van der Waals surface area contributed by atoms with Crippen molar-refractivity contribution in [3.05, 3.63) is 83.7 Å². The Morgan fingerprint density at radius 2 is 1.85 bits per heavy atom. The maximum atomic E-state index is 13.6. The van der Waals surface area contributed by atoms with Gasteiger partial charge < -0.3 is 4.74 Å². The van der Waals surface area contributed by atoms with Crippen LogP contribution in [0.5, 0.6) is 5.75 Å². The maximum absolute atomic E-state index is 13.6. The molecule has 0 saturated carbocycles. The van der Waals surface area contributed by atoms with Crippen LogP contribution in [0, 0.1) is 13.8 Å². The third-order valence-corrected chi connectivity index (χ3v) is 6.22. The predicted molar refractivity (Wildman–Crippen MR) is 107 cm³/mol. The molecule has 0 aliphatic rings. The maximum Gasteiger partial charge on any atom is 0.264 e. The van der Waals surface area contributed by atoms with Crippen LogP contribution < -0.4 is 9.04 Å². The van der Waals surface area contributed by atoms with Crippen LogP contribution in [0.2, 0.25) is 0 Å². The molecule has 27 heavy (non-hydrogen) atoms. The van der Waals surface area contributed by atoms with E-state index in [0.717, 1.165) is 11.1 Å². The molecule has 0 aliphatic heterocycles. The average Bonchev–Trinajstić information content (AvgIpc) is 2.68. The summed E-state index contributed by atoms with van der Waals surface area (Å²) < 4.78 is 33.8. The molecule has 3 rings (SSSR count). The lowest BCUT2D eigenvalue weighted by molar-refractivity contribution is 0.415. The van der Waals surface area contributed by atoms with Gasteiger partial charge in [-0.25, -0.2) is 8.42 Å². The van der Waals surface area contributed by atoms with E-state index in [1.54, 1.807) is 62.8 Å². The van der Waals surface area contributed by atoms with Crippen molar-refractivity contribution in [3.63, 3.8) is 0 Å². The zero-order valence-electron chi connectivity index (χ0n) is 15.6. The number of anilines is 1. The Labute approximate surface area is 160 Å². The van der Waals surface area contributed by atoms with Crippen molar-refractivity contribution in [2.45, 2.75) is 25.3 Å². The number of pyridine rings is 1. The van der Waals surface area contributed by atoms with Gasteiger partial charge in [0.2, 0.25) is 0 Å². The first-order valence-corrected chi connectivity index (χ1v) is 9.99. The summed E-state index contributed by atoms with van der Waals surface area (Å²) in [7, 11) is -2.22. The van der Waals surface area contributed by atoms with E-state index in [4.69, 9.17) is 4.74 Å². The zero-order chi connectivity index (χ0) is 19.4. The molecule has 0 amide bonds. The molecule has 0 N–H and O–H groups in total. The van der Waals surface area contributed by atoms with Crippen molar-refractivity contribution in [3.8, 4) is 5.75 Å². The van der Waals surface area contributed by atoms with Crippen molar-refractivity contribution in [1.82, 2.24) is 4.98 Å². The summed E-state index contributed by atoms with van der Waals surface area (Å²) >= 11 is 0. The minimum absolute atomic E-state index is 0.177. The van der Waals surface area contributed by atoms with E-state index >= 15 is 0 Å².